The highest BCUT2D eigenvalue weighted by molar-refractivity contribution is 7.83. The third-order valence-corrected chi connectivity index (χ3v) is 1.35. The highest BCUT2D eigenvalue weighted by Crippen LogP contribution is 2.14. The molecule has 0 rings (SSSR count). The number of hydrogen-bond donors (Lipinski definition) is 1. The molecule has 1 heteroatoms. The predicted octanol–water partition coefficient (Wildman–Crippen LogP) is 2.12. The van der Waals surface area contributed by atoms with Gasteiger partial charge in [0, 0.05) is 5.25 Å². The van der Waals surface area contributed by atoms with Crippen molar-refractivity contribution in [1.82, 2.24) is 0 Å². The first-order valence-electron chi connectivity index (χ1n) is 2.17. The molecule has 0 amide bonds. The zero-order valence-corrected chi connectivity index (χ0v) is 5.42. The van der Waals surface area contributed by atoms with Crippen molar-refractivity contribution >= 4 is 12.6 Å². The van der Waals surface area contributed by atoms with Gasteiger partial charge in [-0.05, 0) is 12.8 Å². The normalized spacial score (nSPS) is 11.0. The lowest BCUT2D eigenvalue weighted by molar-refractivity contribution is 0.741. The van der Waals surface area contributed by atoms with Crippen LogP contribution in [0.4, 0.5) is 0 Å². The SMILES string of the molecule is C[C](S)C(C)C. The fourth-order valence-corrected chi connectivity index (χ4v) is 0. The summed E-state index contributed by atoms with van der Waals surface area (Å²) in [5.41, 5.74) is 0. The van der Waals surface area contributed by atoms with E-state index in [2.05, 4.69) is 26.5 Å². The molecule has 0 atom stereocenters. The van der Waals surface area contributed by atoms with Crippen molar-refractivity contribution in [3.63, 3.8) is 0 Å². The van der Waals surface area contributed by atoms with E-state index in [1.165, 1.54) is 5.25 Å². The topological polar surface area (TPSA) is 0 Å². The summed E-state index contributed by atoms with van der Waals surface area (Å²) in [5.74, 6) is 0.633. The van der Waals surface area contributed by atoms with Crippen molar-refractivity contribution in [2.24, 2.45) is 5.92 Å². The van der Waals surface area contributed by atoms with Gasteiger partial charge in [0.1, 0.15) is 0 Å². The maximum absolute atomic E-state index is 4.11. The quantitative estimate of drug-likeness (QED) is 0.483. The van der Waals surface area contributed by atoms with Crippen LogP contribution in [0.1, 0.15) is 20.8 Å². The maximum Gasteiger partial charge on any atom is 0.0268 e. The summed E-state index contributed by atoms with van der Waals surface area (Å²) in [6, 6.07) is 0. The van der Waals surface area contributed by atoms with Crippen molar-refractivity contribution in [2.75, 3.05) is 0 Å². The van der Waals surface area contributed by atoms with Crippen LogP contribution in [-0.4, -0.2) is 0 Å². The van der Waals surface area contributed by atoms with Crippen molar-refractivity contribution in [1.29, 1.82) is 0 Å². The van der Waals surface area contributed by atoms with Crippen LogP contribution in [0.25, 0.3) is 0 Å². The predicted molar refractivity (Wildman–Crippen MR) is 32.7 cm³/mol. The largest absolute Gasteiger partial charge is 0.171 e. The van der Waals surface area contributed by atoms with E-state index in [1.54, 1.807) is 0 Å². The Balaban J connectivity index is 2.99. The molecule has 0 fully saturated rings. The summed E-state index contributed by atoms with van der Waals surface area (Å²) >= 11 is 4.11. The van der Waals surface area contributed by atoms with Crippen LogP contribution in [0, 0.1) is 11.2 Å². The smallest absolute Gasteiger partial charge is 0.0268 e. The van der Waals surface area contributed by atoms with Crippen LogP contribution < -0.4 is 0 Å². The fraction of sp³-hybridized carbons (Fsp3) is 0.800. The molecule has 0 N–H and O–H groups in total. The van der Waals surface area contributed by atoms with E-state index in [0.717, 1.165) is 0 Å². The zero-order valence-electron chi connectivity index (χ0n) is 4.52. The van der Waals surface area contributed by atoms with Gasteiger partial charge in [0.2, 0.25) is 0 Å². The van der Waals surface area contributed by atoms with E-state index >= 15 is 0 Å². The Morgan fingerprint density at radius 1 is 1.50 bits per heavy atom. The van der Waals surface area contributed by atoms with E-state index < -0.39 is 0 Å². The Morgan fingerprint density at radius 3 is 1.67 bits per heavy atom. The monoisotopic (exact) mass is 103 g/mol. The van der Waals surface area contributed by atoms with E-state index in [-0.39, 0.29) is 0 Å². The highest BCUT2D eigenvalue weighted by Gasteiger charge is 1.97. The molecule has 0 aliphatic rings. The Morgan fingerprint density at radius 2 is 1.67 bits per heavy atom. The standard InChI is InChI=1S/C5H11S/c1-4(2)5(3)6/h4,6H,1-3H3. The second-order valence-electron chi connectivity index (χ2n) is 1.80. The molecule has 0 heterocycles. The van der Waals surface area contributed by atoms with Gasteiger partial charge in [-0.3, -0.25) is 0 Å². The van der Waals surface area contributed by atoms with Crippen LogP contribution in [0.5, 0.6) is 0 Å². The second-order valence-corrected chi connectivity index (χ2v) is 2.50. The molecule has 1 radical (unpaired) electrons. The summed E-state index contributed by atoms with van der Waals surface area (Å²) in [6.45, 7) is 6.28. The molecule has 37 valence electrons. The van der Waals surface area contributed by atoms with Crippen molar-refractivity contribution in [3.05, 3.63) is 5.25 Å². The Hall–Kier alpha value is 0.350. The second kappa shape index (κ2) is 2.51. The first kappa shape index (κ1) is 6.35. The average Bonchev–Trinajstić information content (AvgIpc) is 1.36. The third kappa shape index (κ3) is 2.58. The van der Waals surface area contributed by atoms with Gasteiger partial charge in [-0.25, -0.2) is 0 Å². The van der Waals surface area contributed by atoms with E-state index in [1.807, 2.05) is 6.92 Å². The lowest BCUT2D eigenvalue weighted by Crippen LogP contribution is -1.89. The van der Waals surface area contributed by atoms with Crippen LogP contribution in [0.15, 0.2) is 0 Å². The molecule has 6 heavy (non-hydrogen) atoms. The molecule has 0 bridgehead atoms. The summed E-state index contributed by atoms with van der Waals surface area (Å²) in [5, 5.41) is 1.20. The highest BCUT2D eigenvalue weighted by atomic mass is 32.1. The Labute approximate surface area is 45.4 Å². The first-order chi connectivity index (χ1) is 2.64. The van der Waals surface area contributed by atoms with Gasteiger partial charge >= 0.3 is 0 Å². The van der Waals surface area contributed by atoms with Crippen LogP contribution in [0.3, 0.4) is 0 Å². The van der Waals surface area contributed by atoms with Gasteiger partial charge in [-0.2, -0.15) is 12.6 Å². The minimum absolute atomic E-state index is 0.633. The van der Waals surface area contributed by atoms with Crippen LogP contribution >= 0.6 is 12.6 Å². The first-order valence-corrected chi connectivity index (χ1v) is 2.61. The molecule has 0 aromatic rings. The summed E-state index contributed by atoms with van der Waals surface area (Å²) in [4.78, 5) is 0. The molecule has 0 aliphatic carbocycles. The minimum Gasteiger partial charge on any atom is -0.171 e. The Kier molecular flexibility index (Phi) is 2.66. The van der Waals surface area contributed by atoms with Crippen LogP contribution in [-0.2, 0) is 0 Å². The molecule has 0 saturated heterocycles. The number of rotatable bonds is 1. The Bertz CT molecular complexity index is 24.9. The molecule has 0 spiro atoms. The number of thiol groups is 1. The van der Waals surface area contributed by atoms with Gasteiger partial charge in [0.25, 0.3) is 0 Å². The van der Waals surface area contributed by atoms with Gasteiger partial charge in [-0.15, -0.1) is 0 Å². The van der Waals surface area contributed by atoms with Crippen molar-refractivity contribution in [3.8, 4) is 0 Å². The summed E-state index contributed by atoms with van der Waals surface area (Å²) in [6.07, 6.45) is 0. The molecule has 0 aromatic heterocycles. The molecule has 0 saturated carbocycles. The van der Waals surface area contributed by atoms with Crippen LogP contribution in [0.2, 0.25) is 0 Å². The van der Waals surface area contributed by atoms with Gasteiger partial charge in [0.15, 0.2) is 0 Å². The molecule has 0 unspecified atom stereocenters. The molecule has 0 aromatic carbocycles. The van der Waals surface area contributed by atoms with E-state index in [9.17, 15) is 0 Å². The van der Waals surface area contributed by atoms with Crippen molar-refractivity contribution < 1.29 is 0 Å². The molecular weight excluding hydrogens is 92.1 g/mol. The lowest BCUT2D eigenvalue weighted by Gasteiger charge is -2.03. The van der Waals surface area contributed by atoms with Gasteiger partial charge in [0.05, 0.1) is 0 Å². The summed E-state index contributed by atoms with van der Waals surface area (Å²) in [7, 11) is 0. The molecular formula is C5H11S. The summed E-state index contributed by atoms with van der Waals surface area (Å²) < 4.78 is 0. The number of hydrogen-bond acceptors (Lipinski definition) is 1. The van der Waals surface area contributed by atoms with E-state index in [4.69, 9.17) is 0 Å². The maximum atomic E-state index is 4.11. The average molecular weight is 103 g/mol. The molecule has 0 nitrogen and oxygen atoms in total. The fourth-order valence-electron chi connectivity index (χ4n) is 0. The third-order valence-electron chi connectivity index (χ3n) is 0.836. The molecule has 0 aliphatic heterocycles. The van der Waals surface area contributed by atoms with E-state index in [0.29, 0.717) is 5.92 Å². The lowest BCUT2D eigenvalue weighted by atomic mass is 10.2. The van der Waals surface area contributed by atoms with Gasteiger partial charge < -0.3 is 0 Å². The minimum atomic E-state index is 0.633. The van der Waals surface area contributed by atoms with Crippen molar-refractivity contribution in [2.45, 2.75) is 20.8 Å². The van der Waals surface area contributed by atoms with Gasteiger partial charge in [-0.1, -0.05) is 13.8 Å². The zero-order chi connectivity index (χ0) is 5.15.